The molecule has 0 aliphatic carbocycles. The molecule has 1 amide bonds. The average Bonchev–Trinajstić information content (AvgIpc) is 3.01. The van der Waals surface area contributed by atoms with E-state index in [9.17, 15) is 4.79 Å². The lowest BCUT2D eigenvalue weighted by molar-refractivity contribution is 0.0940. The number of hydrogen-bond acceptors (Lipinski definition) is 6. The number of amides is 1. The molecular weight excluding hydrogens is 288 g/mol. The van der Waals surface area contributed by atoms with Crippen LogP contribution in [-0.4, -0.2) is 25.9 Å². The molecule has 3 N–H and O–H groups in total. The van der Waals surface area contributed by atoms with Crippen molar-refractivity contribution in [2.75, 3.05) is 5.73 Å². The fourth-order valence-corrected chi connectivity index (χ4v) is 2.55. The first kappa shape index (κ1) is 15.4. The summed E-state index contributed by atoms with van der Waals surface area (Å²) in [6, 6.07) is 1.85. The molecule has 0 bridgehead atoms. The van der Waals surface area contributed by atoms with Gasteiger partial charge in [-0.3, -0.25) is 9.48 Å². The monoisotopic (exact) mass is 308 g/mol. The highest BCUT2D eigenvalue weighted by Gasteiger charge is 2.15. The highest BCUT2D eigenvalue weighted by Crippen LogP contribution is 2.12. The maximum Gasteiger partial charge on any atom is 0.269 e. The topological polar surface area (TPSA) is 98.7 Å². The van der Waals surface area contributed by atoms with E-state index < -0.39 is 0 Å². The standard InChI is InChI=1S/C13H20N6OS/c1-4-19-10(6-9(18-19)5-8(2)3)12(20)15-7-11-16-17-13(14)21-11/h6,8H,4-5,7H2,1-3H3,(H2,14,17)(H,15,20). The van der Waals surface area contributed by atoms with Crippen LogP contribution in [0.2, 0.25) is 0 Å². The van der Waals surface area contributed by atoms with Crippen LogP contribution in [0.25, 0.3) is 0 Å². The van der Waals surface area contributed by atoms with E-state index in [1.54, 1.807) is 4.68 Å². The predicted molar refractivity (Wildman–Crippen MR) is 81.9 cm³/mol. The number of carbonyl (C=O) groups is 1. The highest BCUT2D eigenvalue weighted by atomic mass is 32.1. The van der Waals surface area contributed by atoms with Crippen LogP contribution in [0, 0.1) is 5.92 Å². The van der Waals surface area contributed by atoms with E-state index in [-0.39, 0.29) is 5.91 Å². The zero-order valence-corrected chi connectivity index (χ0v) is 13.3. The number of rotatable bonds is 6. The fourth-order valence-electron chi connectivity index (χ4n) is 2.00. The molecule has 2 aromatic rings. The van der Waals surface area contributed by atoms with E-state index in [1.807, 2.05) is 13.0 Å². The summed E-state index contributed by atoms with van der Waals surface area (Å²) in [5.74, 6) is 0.346. The van der Waals surface area contributed by atoms with E-state index in [0.29, 0.717) is 34.8 Å². The summed E-state index contributed by atoms with van der Waals surface area (Å²) in [6.07, 6.45) is 0.861. The van der Waals surface area contributed by atoms with Crippen molar-refractivity contribution < 1.29 is 4.79 Å². The first-order chi connectivity index (χ1) is 9.99. The van der Waals surface area contributed by atoms with E-state index >= 15 is 0 Å². The van der Waals surface area contributed by atoms with Crippen LogP contribution in [0.15, 0.2) is 6.07 Å². The molecule has 0 saturated heterocycles. The van der Waals surface area contributed by atoms with Crippen LogP contribution >= 0.6 is 11.3 Å². The van der Waals surface area contributed by atoms with E-state index in [0.717, 1.165) is 12.1 Å². The lowest BCUT2D eigenvalue weighted by atomic mass is 10.1. The van der Waals surface area contributed by atoms with Crippen LogP contribution < -0.4 is 11.1 Å². The molecule has 8 heteroatoms. The second kappa shape index (κ2) is 6.66. The fraction of sp³-hybridized carbons (Fsp3) is 0.538. The minimum atomic E-state index is -0.159. The number of hydrogen-bond donors (Lipinski definition) is 2. The van der Waals surface area contributed by atoms with Crippen molar-refractivity contribution in [3.05, 3.63) is 22.5 Å². The number of nitrogens with two attached hydrogens (primary N) is 1. The van der Waals surface area contributed by atoms with Crippen molar-refractivity contribution in [2.24, 2.45) is 5.92 Å². The van der Waals surface area contributed by atoms with Crippen LogP contribution in [-0.2, 0) is 19.5 Å². The first-order valence-electron chi connectivity index (χ1n) is 6.92. The molecule has 0 spiro atoms. The summed E-state index contributed by atoms with van der Waals surface area (Å²) in [5, 5.41) is 16.0. The lowest BCUT2D eigenvalue weighted by Gasteiger charge is -2.04. The summed E-state index contributed by atoms with van der Waals surface area (Å²) >= 11 is 1.27. The molecule has 7 nitrogen and oxygen atoms in total. The Hall–Kier alpha value is -1.96. The molecule has 114 valence electrons. The predicted octanol–water partition coefficient (Wildman–Crippen LogP) is 1.47. The van der Waals surface area contributed by atoms with Gasteiger partial charge in [-0.25, -0.2) is 0 Å². The minimum absolute atomic E-state index is 0.159. The zero-order valence-electron chi connectivity index (χ0n) is 12.5. The molecule has 0 fully saturated rings. The number of nitrogen functional groups attached to an aromatic ring is 1. The van der Waals surface area contributed by atoms with Gasteiger partial charge in [0, 0.05) is 6.54 Å². The smallest absolute Gasteiger partial charge is 0.269 e. The van der Waals surface area contributed by atoms with Gasteiger partial charge in [-0.15, -0.1) is 10.2 Å². The maximum absolute atomic E-state index is 12.3. The third-order valence-electron chi connectivity index (χ3n) is 2.86. The van der Waals surface area contributed by atoms with Gasteiger partial charge in [-0.05, 0) is 25.3 Å². The second-order valence-electron chi connectivity index (χ2n) is 5.15. The molecule has 0 unspecified atom stereocenters. The van der Waals surface area contributed by atoms with Crippen molar-refractivity contribution in [1.29, 1.82) is 0 Å². The van der Waals surface area contributed by atoms with Crippen molar-refractivity contribution in [3.8, 4) is 0 Å². The number of carbonyl (C=O) groups excluding carboxylic acids is 1. The molecule has 2 aromatic heterocycles. The van der Waals surface area contributed by atoms with Gasteiger partial charge in [-0.1, -0.05) is 25.2 Å². The van der Waals surface area contributed by atoms with Gasteiger partial charge in [0.2, 0.25) is 5.13 Å². The lowest BCUT2D eigenvalue weighted by Crippen LogP contribution is -2.25. The average molecular weight is 308 g/mol. The van der Waals surface area contributed by atoms with Crippen LogP contribution in [0.5, 0.6) is 0 Å². The Morgan fingerprint density at radius 1 is 1.48 bits per heavy atom. The van der Waals surface area contributed by atoms with Gasteiger partial charge in [0.05, 0.1) is 12.2 Å². The third-order valence-corrected chi connectivity index (χ3v) is 3.62. The quantitative estimate of drug-likeness (QED) is 0.842. The SMILES string of the molecule is CCn1nc(CC(C)C)cc1C(=O)NCc1nnc(N)s1. The summed E-state index contributed by atoms with van der Waals surface area (Å²) in [4.78, 5) is 12.3. The summed E-state index contributed by atoms with van der Waals surface area (Å²) < 4.78 is 1.72. The first-order valence-corrected chi connectivity index (χ1v) is 7.74. The van der Waals surface area contributed by atoms with Crippen molar-refractivity contribution >= 4 is 22.4 Å². The third kappa shape index (κ3) is 4.01. The molecule has 0 radical (unpaired) electrons. The molecule has 0 atom stereocenters. The molecule has 0 aliphatic rings. The Labute approximate surface area is 127 Å². The molecule has 0 aliphatic heterocycles. The largest absolute Gasteiger partial charge is 0.374 e. The van der Waals surface area contributed by atoms with Gasteiger partial charge in [0.1, 0.15) is 10.7 Å². The van der Waals surface area contributed by atoms with Crippen LogP contribution in [0.3, 0.4) is 0 Å². The van der Waals surface area contributed by atoms with Crippen LogP contribution in [0.4, 0.5) is 5.13 Å². The number of nitrogens with one attached hydrogen (secondary N) is 1. The van der Waals surface area contributed by atoms with E-state index in [2.05, 4.69) is 34.5 Å². The van der Waals surface area contributed by atoms with Crippen molar-refractivity contribution in [1.82, 2.24) is 25.3 Å². The number of aryl methyl sites for hydroxylation is 1. The van der Waals surface area contributed by atoms with Crippen molar-refractivity contribution in [2.45, 2.75) is 40.3 Å². The van der Waals surface area contributed by atoms with Crippen molar-refractivity contribution in [3.63, 3.8) is 0 Å². The van der Waals surface area contributed by atoms with Gasteiger partial charge in [0.15, 0.2) is 0 Å². The Balaban J connectivity index is 2.05. The normalized spacial score (nSPS) is 11.0. The van der Waals surface area contributed by atoms with Crippen LogP contribution in [0.1, 0.15) is 42.0 Å². The molecular formula is C13H20N6OS. The second-order valence-corrected chi connectivity index (χ2v) is 6.25. The highest BCUT2D eigenvalue weighted by molar-refractivity contribution is 7.15. The summed E-state index contributed by atoms with van der Waals surface area (Å²) in [6.45, 7) is 7.21. The molecule has 0 saturated carbocycles. The molecule has 0 aromatic carbocycles. The Morgan fingerprint density at radius 2 is 2.24 bits per heavy atom. The Bertz CT molecular complexity index is 618. The van der Waals surface area contributed by atoms with E-state index in [1.165, 1.54) is 11.3 Å². The number of aromatic nitrogens is 4. The maximum atomic E-state index is 12.3. The Morgan fingerprint density at radius 3 is 2.81 bits per heavy atom. The number of nitrogens with zero attached hydrogens (tertiary/aromatic N) is 4. The minimum Gasteiger partial charge on any atom is -0.374 e. The molecule has 21 heavy (non-hydrogen) atoms. The molecule has 2 rings (SSSR count). The van der Waals surface area contributed by atoms with Gasteiger partial charge >= 0.3 is 0 Å². The zero-order chi connectivity index (χ0) is 15.4. The summed E-state index contributed by atoms with van der Waals surface area (Å²) in [7, 11) is 0. The summed E-state index contributed by atoms with van der Waals surface area (Å²) in [5.41, 5.74) is 7.03. The van der Waals surface area contributed by atoms with E-state index in [4.69, 9.17) is 5.73 Å². The number of anilines is 1. The van der Waals surface area contributed by atoms with Gasteiger partial charge in [0.25, 0.3) is 5.91 Å². The Kier molecular flexibility index (Phi) is 4.89. The van der Waals surface area contributed by atoms with Gasteiger partial charge in [-0.2, -0.15) is 5.10 Å². The van der Waals surface area contributed by atoms with Gasteiger partial charge < -0.3 is 11.1 Å². The molecule has 2 heterocycles.